The predicted molar refractivity (Wildman–Crippen MR) is 94.4 cm³/mol. The van der Waals surface area contributed by atoms with Gasteiger partial charge in [0, 0.05) is 13.0 Å². The number of likely N-dealkylation sites (tertiary alicyclic amines) is 1. The monoisotopic (exact) mass is 356 g/mol. The molecule has 4 rings (SSSR count). The SMILES string of the molecule is O=C(CCN1C(=O)[C@H]2CCCC[C@H]2C1=O)N[C@H]1COc2ccccc2C1. The number of benzene rings is 1. The predicted octanol–water partition coefficient (Wildman–Crippen LogP) is 1.67. The number of hydrogen-bond acceptors (Lipinski definition) is 4. The van der Waals surface area contributed by atoms with Gasteiger partial charge in [-0.15, -0.1) is 0 Å². The number of amides is 3. The first-order chi connectivity index (χ1) is 12.6. The lowest BCUT2D eigenvalue weighted by Crippen LogP contribution is -2.44. The molecule has 138 valence electrons. The van der Waals surface area contributed by atoms with E-state index in [1.165, 1.54) is 4.90 Å². The van der Waals surface area contributed by atoms with Gasteiger partial charge in [0.05, 0.1) is 17.9 Å². The Morgan fingerprint density at radius 3 is 2.54 bits per heavy atom. The average molecular weight is 356 g/mol. The van der Waals surface area contributed by atoms with Crippen molar-refractivity contribution >= 4 is 17.7 Å². The van der Waals surface area contributed by atoms with Crippen LogP contribution in [-0.4, -0.2) is 41.8 Å². The van der Waals surface area contributed by atoms with Crippen LogP contribution >= 0.6 is 0 Å². The van der Waals surface area contributed by atoms with Gasteiger partial charge in [-0.3, -0.25) is 19.3 Å². The number of rotatable bonds is 4. The van der Waals surface area contributed by atoms with E-state index in [1.54, 1.807) is 0 Å². The van der Waals surface area contributed by atoms with Gasteiger partial charge in [0.25, 0.3) is 0 Å². The fraction of sp³-hybridized carbons (Fsp3) is 0.550. The first-order valence-electron chi connectivity index (χ1n) is 9.49. The summed E-state index contributed by atoms with van der Waals surface area (Å²) < 4.78 is 5.68. The lowest BCUT2D eigenvalue weighted by atomic mass is 9.81. The molecule has 2 heterocycles. The van der Waals surface area contributed by atoms with Gasteiger partial charge in [-0.05, 0) is 30.9 Å². The average Bonchev–Trinajstić information content (AvgIpc) is 2.91. The third-order valence-electron chi connectivity index (χ3n) is 5.74. The van der Waals surface area contributed by atoms with Crippen molar-refractivity contribution in [3.63, 3.8) is 0 Å². The van der Waals surface area contributed by atoms with Gasteiger partial charge in [0.15, 0.2) is 0 Å². The fourth-order valence-electron chi connectivity index (χ4n) is 4.39. The smallest absolute Gasteiger partial charge is 0.233 e. The van der Waals surface area contributed by atoms with Crippen LogP contribution in [0.2, 0.25) is 0 Å². The van der Waals surface area contributed by atoms with E-state index >= 15 is 0 Å². The Morgan fingerprint density at radius 2 is 1.81 bits per heavy atom. The lowest BCUT2D eigenvalue weighted by molar-refractivity contribution is -0.140. The highest BCUT2D eigenvalue weighted by molar-refractivity contribution is 6.05. The van der Waals surface area contributed by atoms with Crippen molar-refractivity contribution in [2.45, 2.75) is 44.6 Å². The number of carbonyl (C=O) groups excluding carboxylic acids is 3. The second kappa shape index (κ2) is 7.09. The van der Waals surface area contributed by atoms with Gasteiger partial charge in [-0.2, -0.15) is 0 Å². The van der Waals surface area contributed by atoms with E-state index in [0.29, 0.717) is 6.61 Å². The molecular weight excluding hydrogens is 332 g/mol. The Morgan fingerprint density at radius 1 is 1.12 bits per heavy atom. The highest BCUT2D eigenvalue weighted by Gasteiger charge is 2.47. The number of carbonyl (C=O) groups is 3. The van der Waals surface area contributed by atoms with Crippen molar-refractivity contribution in [3.05, 3.63) is 29.8 Å². The van der Waals surface area contributed by atoms with E-state index in [2.05, 4.69) is 5.32 Å². The largest absolute Gasteiger partial charge is 0.491 e. The molecule has 0 radical (unpaired) electrons. The Balaban J connectivity index is 1.29. The summed E-state index contributed by atoms with van der Waals surface area (Å²) in [6.45, 7) is 0.620. The molecule has 26 heavy (non-hydrogen) atoms. The second-order valence-corrected chi connectivity index (χ2v) is 7.46. The molecule has 1 aromatic rings. The molecule has 3 atom stereocenters. The van der Waals surface area contributed by atoms with Gasteiger partial charge in [-0.1, -0.05) is 31.0 Å². The molecule has 1 saturated carbocycles. The van der Waals surface area contributed by atoms with Crippen LogP contribution in [0.15, 0.2) is 24.3 Å². The first-order valence-corrected chi connectivity index (χ1v) is 9.49. The maximum atomic E-state index is 12.4. The summed E-state index contributed by atoms with van der Waals surface area (Å²) in [4.78, 5) is 38.5. The van der Waals surface area contributed by atoms with E-state index in [-0.39, 0.29) is 48.6 Å². The Labute approximate surface area is 152 Å². The van der Waals surface area contributed by atoms with Crippen LogP contribution in [-0.2, 0) is 20.8 Å². The fourth-order valence-corrected chi connectivity index (χ4v) is 4.39. The minimum atomic E-state index is -0.150. The maximum Gasteiger partial charge on any atom is 0.233 e. The van der Waals surface area contributed by atoms with Gasteiger partial charge in [0.1, 0.15) is 12.4 Å². The number of nitrogens with zero attached hydrogens (tertiary/aromatic N) is 1. The molecule has 0 spiro atoms. The molecule has 3 amide bonds. The third-order valence-corrected chi connectivity index (χ3v) is 5.74. The normalized spacial score (nSPS) is 27.5. The molecule has 1 aliphatic carbocycles. The van der Waals surface area contributed by atoms with E-state index in [4.69, 9.17) is 4.74 Å². The standard InChI is InChI=1S/C20H24N2O4/c23-18(21-14-11-13-5-1-4-8-17(13)26-12-14)9-10-22-19(24)15-6-2-3-7-16(15)20(22)25/h1,4-5,8,14-16H,2-3,6-7,9-12H2,(H,21,23)/t14-,15-,16+/m1/s1. The molecular formula is C20H24N2O4. The molecule has 1 aromatic carbocycles. The van der Waals surface area contributed by atoms with Crippen LogP contribution in [0.4, 0.5) is 0 Å². The van der Waals surface area contributed by atoms with E-state index in [1.807, 2.05) is 24.3 Å². The summed E-state index contributed by atoms with van der Waals surface area (Å²) >= 11 is 0. The molecule has 3 aliphatic rings. The topological polar surface area (TPSA) is 75.7 Å². The molecule has 6 heteroatoms. The Bertz CT molecular complexity index is 708. The molecule has 1 saturated heterocycles. The summed E-state index contributed by atoms with van der Waals surface area (Å²) in [6, 6.07) is 7.73. The van der Waals surface area contributed by atoms with Gasteiger partial charge in [0.2, 0.25) is 17.7 Å². The molecule has 0 aromatic heterocycles. The number of fused-ring (bicyclic) bond motifs is 2. The summed E-state index contributed by atoms with van der Waals surface area (Å²) in [5, 5.41) is 2.96. The molecule has 6 nitrogen and oxygen atoms in total. The molecule has 1 N–H and O–H groups in total. The van der Waals surface area contributed by atoms with Crippen LogP contribution in [0, 0.1) is 11.8 Å². The number of hydrogen-bond donors (Lipinski definition) is 1. The highest BCUT2D eigenvalue weighted by atomic mass is 16.5. The van der Waals surface area contributed by atoms with Crippen molar-refractivity contribution in [2.75, 3.05) is 13.2 Å². The minimum Gasteiger partial charge on any atom is -0.491 e. The molecule has 2 aliphatic heterocycles. The quantitative estimate of drug-likeness (QED) is 0.833. The summed E-state index contributed by atoms with van der Waals surface area (Å²) in [6.07, 6.45) is 4.51. The number of ether oxygens (including phenoxy) is 1. The molecule has 2 fully saturated rings. The van der Waals surface area contributed by atoms with Crippen LogP contribution in [0.5, 0.6) is 5.75 Å². The van der Waals surface area contributed by atoms with Crippen LogP contribution in [0.3, 0.4) is 0 Å². The lowest BCUT2D eigenvalue weighted by Gasteiger charge is -2.26. The highest BCUT2D eigenvalue weighted by Crippen LogP contribution is 2.37. The second-order valence-electron chi connectivity index (χ2n) is 7.46. The molecule has 0 unspecified atom stereocenters. The zero-order chi connectivity index (χ0) is 18.1. The Kier molecular flexibility index (Phi) is 4.66. The van der Waals surface area contributed by atoms with E-state index in [0.717, 1.165) is 43.4 Å². The summed E-state index contributed by atoms with van der Waals surface area (Å²) in [7, 11) is 0. The van der Waals surface area contributed by atoms with E-state index < -0.39 is 0 Å². The van der Waals surface area contributed by atoms with Crippen LogP contribution in [0.25, 0.3) is 0 Å². The van der Waals surface area contributed by atoms with Gasteiger partial charge in [-0.25, -0.2) is 0 Å². The number of imide groups is 1. The zero-order valence-corrected chi connectivity index (χ0v) is 14.8. The first kappa shape index (κ1) is 17.1. The van der Waals surface area contributed by atoms with Gasteiger partial charge >= 0.3 is 0 Å². The molecule has 0 bridgehead atoms. The minimum absolute atomic E-state index is 0.0787. The third kappa shape index (κ3) is 3.20. The van der Waals surface area contributed by atoms with Crippen molar-refractivity contribution in [1.82, 2.24) is 10.2 Å². The Hall–Kier alpha value is -2.37. The van der Waals surface area contributed by atoms with E-state index in [9.17, 15) is 14.4 Å². The van der Waals surface area contributed by atoms with Crippen molar-refractivity contribution in [1.29, 1.82) is 0 Å². The van der Waals surface area contributed by atoms with Crippen LogP contribution in [0.1, 0.15) is 37.7 Å². The van der Waals surface area contributed by atoms with Gasteiger partial charge < -0.3 is 10.1 Å². The zero-order valence-electron chi connectivity index (χ0n) is 14.8. The van der Waals surface area contributed by atoms with Crippen molar-refractivity contribution in [3.8, 4) is 5.75 Å². The van der Waals surface area contributed by atoms with Crippen LogP contribution < -0.4 is 10.1 Å². The summed E-state index contributed by atoms with van der Waals surface area (Å²) in [5.41, 5.74) is 1.08. The maximum absolute atomic E-state index is 12.4. The summed E-state index contributed by atoms with van der Waals surface area (Å²) in [5.74, 6) is 0.261. The van der Waals surface area contributed by atoms with Crippen molar-refractivity contribution in [2.24, 2.45) is 11.8 Å². The number of para-hydroxylation sites is 1. The number of nitrogens with one attached hydrogen (secondary N) is 1. The van der Waals surface area contributed by atoms with Crippen molar-refractivity contribution < 1.29 is 19.1 Å².